The van der Waals surface area contributed by atoms with Gasteiger partial charge in [-0.05, 0) is 50.8 Å². The van der Waals surface area contributed by atoms with Crippen molar-refractivity contribution in [2.45, 2.75) is 84.9 Å². The summed E-state index contributed by atoms with van der Waals surface area (Å²) < 4.78 is 5.36. The van der Waals surface area contributed by atoms with Gasteiger partial charge < -0.3 is 20.3 Å². The molecule has 3 amide bonds. The predicted octanol–water partition coefficient (Wildman–Crippen LogP) is 4.31. The zero-order valence-corrected chi connectivity index (χ0v) is 22.4. The van der Waals surface area contributed by atoms with E-state index in [2.05, 4.69) is 23.5 Å². The molecule has 1 rings (SSSR count). The first-order valence-corrected chi connectivity index (χ1v) is 12.5. The average Bonchev–Trinajstić information content (AvgIpc) is 2.83. The van der Waals surface area contributed by atoms with E-state index in [-0.39, 0.29) is 12.5 Å². The van der Waals surface area contributed by atoms with Crippen molar-refractivity contribution in [2.75, 3.05) is 13.1 Å². The smallest absolute Gasteiger partial charge is 0.408 e. The Balaban J connectivity index is 3.41. The summed E-state index contributed by atoms with van der Waals surface area (Å²) in [7, 11) is 0. The lowest BCUT2D eigenvalue weighted by Crippen LogP contribution is -2.55. The first-order valence-electron chi connectivity index (χ1n) is 12.5. The number of carbonyl (C=O) groups excluding carboxylic acids is 3. The predicted molar refractivity (Wildman–Crippen MR) is 140 cm³/mol. The fourth-order valence-corrected chi connectivity index (χ4v) is 3.59. The van der Waals surface area contributed by atoms with Gasteiger partial charge in [-0.3, -0.25) is 9.59 Å². The van der Waals surface area contributed by atoms with Crippen LogP contribution < -0.4 is 10.6 Å². The number of nitriles is 1. The highest BCUT2D eigenvalue weighted by molar-refractivity contribution is 5.92. The fourth-order valence-electron chi connectivity index (χ4n) is 3.59. The lowest BCUT2D eigenvalue weighted by Gasteiger charge is -2.34. The Bertz CT molecular complexity index is 954. The molecule has 3 unspecified atom stereocenters. The molecule has 8 nitrogen and oxygen atoms in total. The van der Waals surface area contributed by atoms with Crippen molar-refractivity contribution >= 4 is 17.9 Å². The summed E-state index contributed by atoms with van der Waals surface area (Å²) in [5, 5.41) is 15.2. The SMILES string of the molecule is C#Cc1ccc(C(C(=O)NCCCCC)N(CC#N)C(=O)C(NC(=O)OC(C)(C)C)C(C)CC)cc1. The van der Waals surface area contributed by atoms with E-state index in [1.807, 2.05) is 19.9 Å². The standard InChI is InChI=1S/C28H40N4O4/c1-8-11-12-18-30-25(33)24(22-15-13-21(10-3)14-16-22)32(19-17-29)26(34)23(20(4)9-2)31-27(35)36-28(5,6)7/h3,13-16,20,23-24H,8-9,11-12,18-19H2,1-2,4-7H3,(H,30,33)(H,31,35). The number of ether oxygens (including phenoxy) is 1. The van der Waals surface area contributed by atoms with Crippen LogP contribution in [-0.4, -0.2) is 47.5 Å². The van der Waals surface area contributed by atoms with Crippen LogP contribution in [0.3, 0.4) is 0 Å². The van der Waals surface area contributed by atoms with E-state index >= 15 is 0 Å². The minimum absolute atomic E-state index is 0.275. The summed E-state index contributed by atoms with van der Waals surface area (Å²) >= 11 is 0. The van der Waals surface area contributed by atoms with Crippen molar-refractivity contribution in [3.63, 3.8) is 0 Å². The van der Waals surface area contributed by atoms with E-state index < -0.39 is 35.6 Å². The van der Waals surface area contributed by atoms with E-state index in [1.54, 1.807) is 45.0 Å². The number of nitrogens with zero attached hydrogens (tertiary/aromatic N) is 2. The molecule has 36 heavy (non-hydrogen) atoms. The number of carbonyl (C=O) groups is 3. The normalized spacial score (nSPS) is 13.3. The van der Waals surface area contributed by atoms with Gasteiger partial charge in [0.1, 0.15) is 24.2 Å². The van der Waals surface area contributed by atoms with Gasteiger partial charge in [-0.1, -0.05) is 58.1 Å². The van der Waals surface area contributed by atoms with Gasteiger partial charge in [-0.2, -0.15) is 5.26 Å². The Hall–Kier alpha value is -3.52. The fraction of sp³-hybridized carbons (Fsp3) is 0.571. The van der Waals surface area contributed by atoms with Gasteiger partial charge in [-0.15, -0.1) is 6.42 Å². The highest BCUT2D eigenvalue weighted by atomic mass is 16.6. The summed E-state index contributed by atoms with van der Waals surface area (Å²) in [5.74, 6) is 1.32. The Kier molecular flexibility index (Phi) is 12.5. The van der Waals surface area contributed by atoms with Crippen LogP contribution in [0.2, 0.25) is 0 Å². The molecular formula is C28H40N4O4. The van der Waals surface area contributed by atoms with Crippen molar-refractivity contribution in [1.29, 1.82) is 5.26 Å². The molecule has 0 aliphatic rings. The van der Waals surface area contributed by atoms with Crippen molar-refractivity contribution < 1.29 is 19.1 Å². The lowest BCUT2D eigenvalue weighted by atomic mass is 9.95. The van der Waals surface area contributed by atoms with Gasteiger partial charge in [0.2, 0.25) is 11.8 Å². The maximum atomic E-state index is 13.8. The number of amides is 3. The number of hydrogen-bond donors (Lipinski definition) is 2. The number of terminal acetylenes is 1. The monoisotopic (exact) mass is 496 g/mol. The number of nitrogens with one attached hydrogen (secondary N) is 2. The molecule has 2 N–H and O–H groups in total. The molecule has 0 radical (unpaired) electrons. The van der Waals surface area contributed by atoms with Gasteiger partial charge in [0.05, 0.1) is 6.07 Å². The Morgan fingerprint density at radius 1 is 1.14 bits per heavy atom. The molecule has 8 heteroatoms. The number of unbranched alkanes of at least 4 members (excludes halogenated alkanes) is 2. The third-order valence-electron chi connectivity index (χ3n) is 5.71. The zero-order valence-electron chi connectivity index (χ0n) is 22.4. The number of rotatable bonds is 12. The molecule has 3 atom stereocenters. The second kappa shape index (κ2) is 14.8. The van der Waals surface area contributed by atoms with Crippen LogP contribution in [0.15, 0.2) is 24.3 Å². The van der Waals surface area contributed by atoms with Crippen molar-refractivity contribution in [1.82, 2.24) is 15.5 Å². The molecule has 0 saturated heterocycles. The second-order valence-corrected chi connectivity index (χ2v) is 9.80. The maximum Gasteiger partial charge on any atom is 0.408 e. The molecule has 196 valence electrons. The molecule has 0 aliphatic heterocycles. The number of alkyl carbamates (subject to hydrolysis) is 1. The first kappa shape index (κ1) is 30.5. The first-order chi connectivity index (χ1) is 17.0. The highest BCUT2D eigenvalue weighted by Crippen LogP contribution is 2.25. The second-order valence-electron chi connectivity index (χ2n) is 9.80. The van der Waals surface area contributed by atoms with Crippen LogP contribution in [0.4, 0.5) is 4.79 Å². The molecule has 0 spiro atoms. The molecule has 1 aromatic carbocycles. The maximum absolute atomic E-state index is 13.8. The minimum atomic E-state index is -1.07. The molecule has 0 saturated carbocycles. The van der Waals surface area contributed by atoms with E-state index in [0.717, 1.165) is 19.3 Å². The summed E-state index contributed by atoms with van der Waals surface area (Å²) in [6, 6.07) is 6.69. The van der Waals surface area contributed by atoms with Crippen molar-refractivity contribution in [3.8, 4) is 18.4 Å². The van der Waals surface area contributed by atoms with Gasteiger partial charge in [0, 0.05) is 12.1 Å². The van der Waals surface area contributed by atoms with Gasteiger partial charge in [0.25, 0.3) is 0 Å². The van der Waals surface area contributed by atoms with Crippen LogP contribution in [0.1, 0.15) is 84.4 Å². The summed E-state index contributed by atoms with van der Waals surface area (Å²) in [6.07, 6.45) is 8.07. The van der Waals surface area contributed by atoms with Gasteiger partial charge in [0.15, 0.2) is 0 Å². The quantitative estimate of drug-likeness (QED) is 0.254. The Morgan fingerprint density at radius 2 is 1.78 bits per heavy atom. The largest absolute Gasteiger partial charge is 0.444 e. The molecule has 0 bridgehead atoms. The average molecular weight is 497 g/mol. The number of hydrogen-bond acceptors (Lipinski definition) is 5. The number of benzene rings is 1. The molecule has 0 fully saturated rings. The van der Waals surface area contributed by atoms with Crippen LogP contribution in [0, 0.1) is 29.6 Å². The van der Waals surface area contributed by atoms with E-state index in [4.69, 9.17) is 11.2 Å². The minimum Gasteiger partial charge on any atom is -0.444 e. The van der Waals surface area contributed by atoms with Gasteiger partial charge >= 0.3 is 6.09 Å². The zero-order chi connectivity index (χ0) is 27.3. The van der Waals surface area contributed by atoms with Crippen molar-refractivity contribution in [3.05, 3.63) is 35.4 Å². The molecule has 0 aliphatic carbocycles. The summed E-state index contributed by atoms with van der Waals surface area (Å²) in [6.45, 7) is 11.1. The Labute approximate surface area is 215 Å². The van der Waals surface area contributed by atoms with Gasteiger partial charge in [-0.25, -0.2) is 4.79 Å². The summed E-state index contributed by atoms with van der Waals surface area (Å²) in [4.78, 5) is 41.0. The van der Waals surface area contributed by atoms with Crippen LogP contribution in [-0.2, 0) is 14.3 Å². The molecular weight excluding hydrogens is 456 g/mol. The van der Waals surface area contributed by atoms with E-state index in [0.29, 0.717) is 24.1 Å². The third kappa shape index (κ3) is 9.62. The van der Waals surface area contributed by atoms with E-state index in [1.165, 1.54) is 4.90 Å². The van der Waals surface area contributed by atoms with E-state index in [9.17, 15) is 19.6 Å². The lowest BCUT2D eigenvalue weighted by molar-refractivity contribution is -0.142. The molecule has 0 aromatic heterocycles. The topological polar surface area (TPSA) is 112 Å². The van der Waals surface area contributed by atoms with Crippen LogP contribution in [0.5, 0.6) is 0 Å². The van der Waals surface area contributed by atoms with Crippen LogP contribution >= 0.6 is 0 Å². The summed E-state index contributed by atoms with van der Waals surface area (Å²) in [5.41, 5.74) is 0.396. The molecule has 0 heterocycles. The third-order valence-corrected chi connectivity index (χ3v) is 5.71. The van der Waals surface area contributed by atoms with Crippen LogP contribution in [0.25, 0.3) is 0 Å². The van der Waals surface area contributed by atoms with Crippen molar-refractivity contribution in [2.24, 2.45) is 5.92 Å². The highest BCUT2D eigenvalue weighted by Gasteiger charge is 2.38. The Morgan fingerprint density at radius 3 is 2.28 bits per heavy atom. The molecule has 1 aromatic rings.